The van der Waals surface area contributed by atoms with Crippen molar-refractivity contribution >= 4 is 11.6 Å². The largest absolute Gasteiger partial charge is 0.326 e. The zero-order valence-corrected chi connectivity index (χ0v) is 11.1. The Labute approximate surface area is 103 Å². The van der Waals surface area contributed by atoms with Gasteiger partial charge in [0.1, 0.15) is 0 Å². The summed E-state index contributed by atoms with van der Waals surface area (Å²) in [5, 5.41) is 2.92. The molecule has 0 saturated carbocycles. The lowest BCUT2D eigenvalue weighted by Crippen LogP contribution is -2.29. The van der Waals surface area contributed by atoms with Crippen LogP contribution in [0.1, 0.15) is 45.7 Å². The molecule has 1 aromatic carbocycles. The van der Waals surface area contributed by atoms with Crippen LogP contribution in [0.2, 0.25) is 0 Å². The van der Waals surface area contributed by atoms with Gasteiger partial charge in [-0.05, 0) is 31.0 Å². The Morgan fingerprint density at radius 3 is 2.29 bits per heavy atom. The zero-order chi connectivity index (χ0) is 13.1. The van der Waals surface area contributed by atoms with Crippen molar-refractivity contribution in [1.29, 1.82) is 0 Å². The van der Waals surface area contributed by atoms with E-state index in [-0.39, 0.29) is 17.4 Å². The van der Waals surface area contributed by atoms with Gasteiger partial charge in [-0.15, -0.1) is 0 Å². The summed E-state index contributed by atoms with van der Waals surface area (Å²) in [6, 6.07) is 7.69. The summed E-state index contributed by atoms with van der Waals surface area (Å²) in [6.07, 6.45) is 0.816. The maximum absolute atomic E-state index is 11.9. The number of benzene rings is 1. The summed E-state index contributed by atoms with van der Waals surface area (Å²) < 4.78 is 0. The third-order valence-corrected chi connectivity index (χ3v) is 3.19. The van der Waals surface area contributed by atoms with Gasteiger partial charge in [-0.2, -0.15) is 0 Å². The third-order valence-electron chi connectivity index (χ3n) is 3.19. The number of carbonyl (C=O) groups excluding carboxylic acids is 1. The molecule has 1 amide bonds. The molecular weight excluding hydrogens is 212 g/mol. The number of carbonyl (C=O) groups is 1. The van der Waals surface area contributed by atoms with Gasteiger partial charge >= 0.3 is 0 Å². The molecule has 0 bridgehead atoms. The van der Waals surface area contributed by atoms with Crippen LogP contribution in [0, 0.1) is 5.41 Å². The Hall–Kier alpha value is -1.35. The first-order chi connectivity index (χ1) is 7.86. The monoisotopic (exact) mass is 234 g/mol. The summed E-state index contributed by atoms with van der Waals surface area (Å²) in [6.45, 7) is 7.84. The molecule has 17 heavy (non-hydrogen) atoms. The fourth-order valence-corrected chi connectivity index (χ4v) is 1.33. The van der Waals surface area contributed by atoms with Gasteiger partial charge in [0.05, 0.1) is 0 Å². The van der Waals surface area contributed by atoms with Gasteiger partial charge in [-0.3, -0.25) is 4.79 Å². The molecule has 0 heterocycles. The fourth-order valence-electron chi connectivity index (χ4n) is 1.33. The Morgan fingerprint density at radius 2 is 1.88 bits per heavy atom. The molecule has 0 radical (unpaired) electrons. The van der Waals surface area contributed by atoms with E-state index in [0.29, 0.717) is 0 Å². The molecule has 0 aliphatic carbocycles. The molecule has 3 nitrogen and oxygen atoms in total. The van der Waals surface area contributed by atoms with Gasteiger partial charge in [-0.25, -0.2) is 0 Å². The van der Waals surface area contributed by atoms with Crippen LogP contribution in [0.25, 0.3) is 0 Å². The second-order valence-corrected chi connectivity index (χ2v) is 5.10. The summed E-state index contributed by atoms with van der Waals surface area (Å²) in [7, 11) is 0. The van der Waals surface area contributed by atoms with Crippen LogP contribution >= 0.6 is 0 Å². The highest BCUT2D eigenvalue weighted by atomic mass is 16.2. The van der Waals surface area contributed by atoms with Crippen LogP contribution in [-0.2, 0) is 4.79 Å². The van der Waals surface area contributed by atoms with E-state index in [2.05, 4.69) is 5.32 Å². The molecule has 1 aromatic rings. The summed E-state index contributed by atoms with van der Waals surface area (Å²) in [5.74, 6) is 0.0496. The van der Waals surface area contributed by atoms with Crippen LogP contribution < -0.4 is 11.1 Å². The first-order valence-electron chi connectivity index (χ1n) is 6.04. The molecule has 0 fully saturated rings. The first kappa shape index (κ1) is 13.7. The smallest absolute Gasteiger partial charge is 0.230 e. The van der Waals surface area contributed by atoms with Gasteiger partial charge in [-0.1, -0.05) is 32.9 Å². The Morgan fingerprint density at radius 1 is 1.35 bits per heavy atom. The number of rotatable bonds is 4. The van der Waals surface area contributed by atoms with Crippen LogP contribution in [0.15, 0.2) is 24.3 Å². The van der Waals surface area contributed by atoms with Gasteiger partial charge in [0.15, 0.2) is 0 Å². The molecule has 1 atom stereocenters. The van der Waals surface area contributed by atoms with Crippen molar-refractivity contribution in [2.75, 3.05) is 5.32 Å². The van der Waals surface area contributed by atoms with E-state index in [4.69, 9.17) is 5.73 Å². The van der Waals surface area contributed by atoms with Crippen LogP contribution in [0.4, 0.5) is 5.69 Å². The summed E-state index contributed by atoms with van der Waals surface area (Å²) >= 11 is 0. The topological polar surface area (TPSA) is 55.1 Å². The van der Waals surface area contributed by atoms with Crippen molar-refractivity contribution in [3.8, 4) is 0 Å². The van der Waals surface area contributed by atoms with E-state index >= 15 is 0 Å². The highest BCUT2D eigenvalue weighted by Gasteiger charge is 2.25. The lowest BCUT2D eigenvalue weighted by Gasteiger charge is -2.21. The van der Waals surface area contributed by atoms with Crippen molar-refractivity contribution in [2.24, 2.45) is 11.1 Å². The number of nitrogens with one attached hydrogen (secondary N) is 1. The SMILES string of the molecule is CCC(C)(C)C(=O)Nc1ccc(C(C)N)cc1. The quantitative estimate of drug-likeness (QED) is 0.841. The minimum Gasteiger partial charge on any atom is -0.326 e. The van der Waals surface area contributed by atoms with Gasteiger partial charge in [0.25, 0.3) is 0 Å². The number of nitrogens with two attached hydrogens (primary N) is 1. The predicted octanol–water partition coefficient (Wildman–Crippen LogP) is 3.08. The average molecular weight is 234 g/mol. The molecule has 3 N–H and O–H groups in total. The van der Waals surface area contributed by atoms with Gasteiger partial charge in [0.2, 0.25) is 5.91 Å². The van der Waals surface area contributed by atoms with Crippen LogP contribution in [0.5, 0.6) is 0 Å². The maximum atomic E-state index is 11.9. The van der Waals surface area contributed by atoms with E-state index in [9.17, 15) is 4.79 Å². The number of hydrogen-bond donors (Lipinski definition) is 2. The molecule has 0 aliphatic heterocycles. The van der Waals surface area contributed by atoms with Crippen molar-refractivity contribution in [3.05, 3.63) is 29.8 Å². The van der Waals surface area contributed by atoms with Crippen molar-refractivity contribution in [2.45, 2.75) is 40.2 Å². The second-order valence-electron chi connectivity index (χ2n) is 5.10. The fraction of sp³-hybridized carbons (Fsp3) is 0.500. The molecule has 3 heteroatoms. The zero-order valence-electron chi connectivity index (χ0n) is 11.1. The predicted molar refractivity (Wildman–Crippen MR) is 71.7 cm³/mol. The lowest BCUT2D eigenvalue weighted by molar-refractivity contribution is -0.124. The van der Waals surface area contributed by atoms with Crippen LogP contribution in [-0.4, -0.2) is 5.91 Å². The van der Waals surface area contributed by atoms with Gasteiger partial charge in [0, 0.05) is 17.1 Å². The Kier molecular flexibility index (Phi) is 4.29. The number of hydrogen-bond acceptors (Lipinski definition) is 2. The normalized spacial score (nSPS) is 13.2. The highest BCUT2D eigenvalue weighted by molar-refractivity contribution is 5.94. The average Bonchev–Trinajstić information content (AvgIpc) is 2.29. The van der Waals surface area contributed by atoms with Crippen molar-refractivity contribution in [1.82, 2.24) is 0 Å². The van der Waals surface area contributed by atoms with E-state index in [1.165, 1.54) is 0 Å². The minimum atomic E-state index is -0.334. The molecule has 0 saturated heterocycles. The summed E-state index contributed by atoms with van der Waals surface area (Å²) in [4.78, 5) is 11.9. The number of amides is 1. The minimum absolute atomic E-state index is 0.0202. The molecule has 94 valence electrons. The highest BCUT2D eigenvalue weighted by Crippen LogP contribution is 2.22. The molecule has 0 spiro atoms. The van der Waals surface area contributed by atoms with Gasteiger partial charge < -0.3 is 11.1 Å². The number of anilines is 1. The summed E-state index contributed by atoms with van der Waals surface area (Å²) in [5.41, 5.74) is 7.32. The van der Waals surface area contributed by atoms with E-state index < -0.39 is 0 Å². The second kappa shape index (κ2) is 5.32. The molecule has 1 rings (SSSR count). The van der Waals surface area contributed by atoms with Crippen molar-refractivity contribution < 1.29 is 4.79 Å². The Bertz CT molecular complexity index is 380. The van der Waals surface area contributed by atoms with E-state index in [1.54, 1.807) is 0 Å². The third kappa shape index (κ3) is 3.56. The molecule has 0 aliphatic rings. The van der Waals surface area contributed by atoms with E-state index in [0.717, 1.165) is 17.7 Å². The first-order valence-corrected chi connectivity index (χ1v) is 6.04. The standard InChI is InChI=1S/C14H22N2O/c1-5-14(3,4)13(17)16-12-8-6-11(7-9-12)10(2)15/h6-10H,5,15H2,1-4H3,(H,16,17). The molecule has 1 unspecified atom stereocenters. The van der Waals surface area contributed by atoms with Crippen LogP contribution in [0.3, 0.4) is 0 Å². The van der Waals surface area contributed by atoms with Crippen molar-refractivity contribution in [3.63, 3.8) is 0 Å². The van der Waals surface area contributed by atoms with E-state index in [1.807, 2.05) is 52.0 Å². The molecular formula is C14H22N2O. The molecule has 0 aromatic heterocycles. The Balaban J connectivity index is 2.73. The maximum Gasteiger partial charge on any atom is 0.230 e. The lowest BCUT2D eigenvalue weighted by atomic mass is 9.89.